The zero-order valence-electron chi connectivity index (χ0n) is 22.8. The summed E-state index contributed by atoms with van der Waals surface area (Å²) in [4.78, 5) is 56.8. The smallest absolute Gasteiger partial charge is 0.416 e. The number of halogens is 3. The van der Waals surface area contributed by atoms with Crippen LogP contribution < -0.4 is 4.90 Å². The molecule has 0 N–H and O–H groups in total. The second-order valence-corrected chi connectivity index (χ2v) is 10.7. The Morgan fingerprint density at radius 3 is 2.39 bits per heavy atom. The number of likely N-dealkylation sites (tertiary alicyclic amines) is 1. The highest BCUT2D eigenvalue weighted by Crippen LogP contribution is 2.36. The topological polar surface area (TPSA) is 87.2 Å². The van der Waals surface area contributed by atoms with Gasteiger partial charge in [-0.3, -0.25) is 24.1 Å². The number of fused-ring (bicyclic) bond motifs is 1. The number of alkyl halides is 3. The molecule has 0 unspecified atom stereocenters. The summed E-state index contributed by atoms with van der Waals surface area (Å²) in [6, 6.07) is 9.61. The molecule has 3 amide bonds. The Labute approximate surface area is 236 Å². The number of hydrogen-bond acceptors (Lipinski definition) is 6. The van der Waals surface area contributed by atoms with Gasteiger partial charge in [0.25, 0.3) is 11.8 Å². The quantitative estimate of drug-likeness (QED) is 0.375. The van der Waals surface area contributed by atoms with Crippen molar-refractivity contribution < 1.29 is 37.1 Å². The number of esters is 1. The first kappa shape index (κ1) is 28.6. The van der Waals surface area contributed by atoms with E-state index in [-0.39, 0.29) is 46.9 Å². The zero-order chi connectivity index (χ0) is 29.3. The Morgan fingerprint density at radius 1 is 0.951 bits per heavy atom. The minimum Gasteiger partial charge on any atom is -0.466 e. The van der Waals surface area contributed by atoms with Gasteiger partial charge in [0.15, 0.2) is 0 Å². The molecule has 11 heteroatoms. The van der Waals surface area contributed by atoms with Crippen molar-refractivity contribution in [1.29, 1.82) is 0 Å². The molecular weight excluding hydrogens is 539 g/mol. The van der Waals surface area contributed by atoms with Crippen LogP contribution in [0, 0.1) is 11.8 Å². The fraction of sp³-hybridized carbons (Fsp3) is 0.467. The minimum absolute atomic E-state index is 0.0236. The largest absolute Gasteiger partial charge is 0.466 e. The molecule has 8 nitrogen and oxygen atoms in total. The van der Waals surface area contributed by atoms with E-state index in [4.69, 9.17) is 4.74 Å². The molecule has 0 aliphatic carbocycles. The Morgan fingerprint density at radius 2 is 1.68 bits per heavy atom. The van der Waals surface area contributed by atoms with Gasteiger partial charge in [0.2, 0.25) is 5.91 Å². The highest BCUT2D eigenvalue weighted by Gasteiger charge is 2.40. The summed E-state index contributed by atoms with van der Waals surface area (Å²) in [7, 11) is 0. The van der Waals surface area contributed by atoms with Crippen LogP contribution in [-0.2, 0) is 27.0 Å². The predicted molar refractivity (Wildman–Crippen MR) is 143 cm³/mol. The normalized spacial score (nSPS) is 19.9. The van der Waals surface area contributed by atoms with Crippen LogP contribution in [0.2, 0.25) is 0 Å². The fourth-order valence-electron chi connectivity index (χ4n) is 6.01. The summed E-state index contributed by atoms with van der Waals surface area (Å²) in [5, 5.41) is 0. The van der Waals surface area contributed by atoms with Crippen molar-refractivity contribution >= 4 is 29.4 Å². The Hall–Kier alpha value is -3.89. The lowest BCUT2D eigenvalue weighted by Gasteiger charge is -2.38. The summed E-state index contributed by atoms with van der Waals surface area (Å²) in [5.74, 6) is -1.85. The molecule has 3 heterocycles. The molecule has 3 aliphatic rings. The van der Waals surface area contributed by atoms with Gasteiger partial charge in [0.05, 0.1) is 41.4 Å². The monoisotopic (exact) mass is 571 g/mol. The molecule has 0 radical (unpaired) electrons. The van der Waals surface area contributed by atoms with Crippen LogP contribution in [0.4, 0.5) is 18.9 Å². The number of hydrogen-bond donors (Lipinski definition) is 0. The van der Waals surface area contributed by atoms with Crippen LogP contribution in [-0.4, -0.2) is 66.3 Å². The minimum atomic E-state index is -4.53. The summed E-state index contributed by atoms with van der Waals surface area (Å²) in [6.45, 7) is 3.77. The van der Waals surface area contributed by atoms with E-state index in [9.17, 15) is 32.3 Å². The van der Waals surface area contributed by atoms with E-state index in [1.54, 1.807) is 30.0 Å². The van der Waals surface area contributed by atoms with Crippen LogP contribution in [0.15, 0.2) is 42.5 Å². The van der Waals surface area contributed by atoms with Gasteiger partial charge >= 0.3 is 12.1 Å². The van der Waals surface area contributed by atoms with Crippen molar-refractivity contribution in [2.75, 3.05) is 37.7 Å². The number of nitrogens with zero attached hydrogens (tertiary/aromatic N) is 3. The van der Waals surface area contributed by atoms with Crippen molar-refractivity contribution in [3.8, 4) is 0 Å². The Balaban J connectivity index is 1.25. The third-order valence-corrected chi connectivity index (χ3v) is 8.11. The average molecular weight is 572 g/mol. The SMILES string of the molecule is CCOC(=O)[C@@H]1CCCN(C(=O)C2CCN(c3cccc4c3C(=O)N(Cc3cccc(C(F)(F)F)c3)C4=O)CC2)C1. The molecule has 2 saturated heterocycles. The van der Waals surface area contributed by atoms with Gasteiger partial charge in [-0.05, 0) is 62.4 Å². The summed E-state index contributed by atoms with van der Waals surface area (Å²) in [5.41, 5.74) is 0.404. The molecule has 3 aliphatic heterocycles. The molecule has 0 saturated carbocycles. The maximum Gasteiger partial charge on any atom is 0.416 e. The van der Waals surface area contributed by atoms with Crippen LogP contribution >= 0.6 is 0 Å². The Bertz CT molecular complexity index is 1350. The first-order valence-electron chi connectivity index (χ1n) is 13.9. The van der Waals surface area contributed by atoms with Crippen molar-refractivity contribution in [3.05, 3.63) is 64.7 Å². The molecule has 218 valence electrons. The highest BCUT2D eigenvalue weighted by atomic mass is 19.4. The second kappa shape index (κ2) is 11.5. The van der Waals surface area contributed by atoms with E-state index in [1.807, 2.05) is 4.90 Å². The summed E-state index contributed by atoms with van der Waals surface area (Å²) < 4.78 is 44.7. The van der Waals surface area contributed by atoms with Gasteiger partial charge in [0, 0.05) is 32.1 Å². The molecule has 2 aromatic rings. The molecule has 0 spiro atoms. The second-order valence-electron chi connectivity index (χ2n) is 10.7. The number of benzene rings is 2. The lowest BCUT2D eigenvalue weighted by atomic mass is 9.91. The first-order valence-corrected chi connectivity index (χ1v) is 13.9. The molecule has 2 aromatic carbocycles. The molecule has 0 aromatic heterocycles. The van der Waals surface area contributed by atoms with Crippen LogP contribution in [0.5, 0.6) is 0 Å². The number of carbonyl (C=O) groups is 4. The van der Waals surface area contributed by atoms with E-state index in [0.29, 0.717) is 57.7 Å². The molecular formula is C30H32F3N3O5. The van der Waals surface area contributed by atoms with Gasteiger partial charge in [-0.15, -0.1) is 0 Å². The molecule has 2 fully saturated rings. The molecule has 41 heavy (non-hydrogen) atoms. The van der Waals surface area contributed by atoms with Gasteiger partial charge in [0.1, 0.15) is 0 Å². The first-order chi connectivity index (χ1) is 19.6. The van der Waals surface area contributed by atoms with E-state index in [0.717, 1.165) is 23.5 Å². The Kier molecular flexibility index (Phi) is 8.06. The van der Waals surface area contributed by atoms with E-state index < -0.39 is 23.6 Å². The number of amides is 3. The lowest BCUT2D eigenvalue weighted by molar-refractivity contribution is -0.152. The van der Waals surface area contributed by atoms with E-state index in [1.165, 1.54) is 12.1 Å². The standard InChI is InChI=1S/C30H32F3N3O5/c1-2-41-29(40)21-7-5-13-35(18-21)26(37)20-11-14-34(15-12-20)24-10-4-9-23-25(24)28(39)36(27(23)38)17-19-6-3-8-22(16-19)30(31,32)33/h3-4,6,8-10,16,20-21H,2,5,7,11-15,17-18H2,1H3/t21-/m1/s1. The van der Waals surface area contributed by atoms with Crippen molar-refractivity contribution in [2.24, 2.45) is 11.8 Å². The van der Waals surface area contributed by atoms with Crippen molar-refractivity contribution in [1.82, 2.24) is 9.80 Å². The van der Waals surface area contributed by atoms with Crippen molar-refractivity contribution in [2.45, 2.75) is 45.3 Å². The number of carbonyl (C=O) groups excluding carboxylic acids is 4. The van der Waals surface area contributed by atoms with Crippen LogP contribution in [0.3, 0.4) is 0 Å². The maximum absolute atomic E-state index is 13.4. The third kappa shape index (κ3) is 5.80. The fourth-order valence-corrected chi connectivity index (χ4v) is 6.01. The number of imide groups is 1. The zero-order valence-corrected chi connectivity index (χ0v) is 22.8. The molecule has 0 bridgehead atoms. The van der Waals surface area contributed by atoms with Gasteiger partial charge < -0.3 is 14.5 Å². The number of anilines is 1. The predicted octanol–water partition coefficient (Wildman–Crippen LogP) is 4.52. The molecule has 5 rings (SSSR count). The van der Waals surface area contributed by atoms with E-state index in [2.05, 4.69) is 0 Å². The number of rotatable bonds is 6. The average Bonchev–Trinajstić information content (AvgIpc) is 3.21. The summed E-state index contributed by atoms with van der Waals surface area (Å²) >= 11 is 0. The highest BCUT2D eigenvalue weighted by molar-refractivity contribution is 6.23. The van der Waals surface area contributed by atoms with Gasteiger partial charge in [-0.2, -0.15) is 13.2 Å². The van der Waals surface area contributed by atoms with Gasteiger partial charge in [-0.1, -0.05) is 18.2 Å². The van der Waals surface area contributed by atoms with Crippen LogP contribution in [0.1, 0.15) is 64.4 Å². The van der Waals surface area contributed by atoms with Crippen molar-refractivity contribution in [3.63, 3.8) is 0 Å². The van der Waals surface area contributed by atoms with Gasteiger partial charge in [-0.25, -0.2) is 0 Å². The number of piperidine rings is 2. The third-order valence-electron chi connectivity index (χ3n) is 8.11. The molecule has 1 atom stereocenters. The summed E-state index contributed by atoms with van der Waals surface area (Å²) in [6.07, 6.45) is -1.97. The lowest BCUT2D eigenvalue weighted by Crippen LogP contribution is -2.47. The van der Waals surface area contributed by atoms with Crippen LogP contribution in [0.25, 0.3) is 0 Å². The number of ether oxygens (including phenoxy) is 1. The van der Waals surface area contributed by atoms with E-state index >= 15 is 0 Å². The maximum atomic E-state index is 13.4.